The number of carbonyl (C=O) groups is 2. The number of aromatic amines is 1. The zero-order valence-electron chi connectivity index (χ0n) is 11.9. The Labute approximate surface area is 124 Å². The quantitative estimate of drug-likeness (QED) is 0.853. The van der Waals surface area contributed by atoms with E-state index in [0.717, 1.165) is 6.07 Å². The molecule has 6 nitrogen and oxygen atoms in total. The summed E-state index contributed by atoms with van der Waals surface area (Å²) in [6.07, 6.45) is 0.507. The van der Waals surface area contributed by atoms with Crippen molar-refractivity contribution in [2.45, 2.75) is 12.5 Å². The molecule has 1 unspecified atom stereocenters. The van der Waals surface area contributed by atoms with Gasteiger partial charge < -0.3 is 15.2 Å². The number of pyridine rings is 1. The lowest BCUT2D eigenvalue weighted by molar-refractivity contribution is -0.128. The number of likely N-dealkylation sites (tertiary alicyclic amines) is 1. The number of nitrogens with zero attached hydrogens (tertiary/aromatic N) is 1. The summed E-state index contributed by atoms with van der Waals surface area (Å²) in [6, 6.07) is 4.61. The van der Waals surface area contributed by atoms with Crippen molar-refractivity contribution >= 4 is 22.7 Å². The zero-order chi connectivity index (χ0) is 15.9. The number of benzene rings is 1. The number of rotatable bonds is 2. The number of likely N-dealkylation sites (N-methyl/N-ethyl adjacent to an activating group) is 1. The molecule has 1 aliphatic heterocycles. The molecule has 1 aromatic heterocycles. The summed E-state index contributed by atoms with van der Waals surface area (Å²) in [7, 11) is 1.65. The van der Waals surface area contributed by atoms with Crippen LogP contribution in [0.4, 0.5) is 4.39 Å². The van der Waals surface area contributed by atoms with Gasteiger partial charge in [0.2, 0.25) is 5.91 Å². The summed E-state index contributed by atoms with van der Waals surface area (Å²) in [6.45, 7) is 0.562. The minimum Gasteiger partial charge on any atom is -0.348 e. The minimum absolute atomic E-state index is 0.0185. The molecule has 1 aromatic carbocycles. The highest BCUT2D eigenvalue weighted by molar-refractivity contribution is 5.98. The Kier molecular flexibility index (Phi) is 3.40. The summed E-state index contributed by atoms with van der Waals surface area (Å²) in [5, 5.41) is 2.74. The van der Waals surface area contributed by atoms with Crippen LogP contribution in [-0.4, -0.2) is 41.3 Å². The first-order valence-corrected chi connectivity index (χ1v) is 6.85. The second-order valence-corrected chi connectivity index (χ2v) is 5.28. The average molecular weight is 303 g/mol. The highest BCUT2D eigenvalue weighted by atomic mass is 19.1. The summed E-state index contributed by atoms with van der Waals surface area (Å²) in [4.78, 5) is 40.1. The fourth-order valence-electron chi connectivity index (χ4n) is 2.55. The Balaban J connectivity index is 1.93. The molecule has 2 N–H and O–H groups in total. The van der Waals surface area contributed by atoms with Gasteiger partial charge in [-0.3, -0.25) is 14.4 Å². The molecule has 0 bridgehead atoms. The van der Waals surface area contributed by atoms with E-state index in [1.165, 1.54) is 23.1 Å². The molecule has 2 aromatic rings. The van der Waals surface area contributed by atoms with Crippen LogP contribution in [0.5, 0.6) is 0 Å². The van der Waals surface area contributed by atoms with Crippen LogP contribution in [0.1, 0.15) is 16.9 Å². The predicted octanol–water partition coefficient (Wildman–Crippen LogP) is 0.628. The van der Waals surface area contributed by atoms with Gasteiger partial charge in [-0.2, -0.15) is 0 Å². The van der Waals surface area contributed by atoms with Crippen molar-refractivity contribution in [3.05, 3.63) is 46.0 Å². The molecule has 1 saturated heterocycles. The molecule has 3 rings (SSSR count). The molecule has 2 heterocycles. The second-order valence-electron chi connectivity index (χ2n) is 5.28. The van der Waals surface area contributed by atoms with E-state index in [2.05, 4.69) is 10.3 Å². The molecule has 1 atom stereocenters. The maximum atomic E-state index is 13.8. The molecular formula is C15H14FN3O3. The molecule has 0 spiro atoms. The van der Waals surface area contributed by atoms with Gasteiger partial charge in [-0.1, -0.05) is 6.07 Å². The molecule has 2 amide bonds. The second kappa shape index (κ2) is 5.25. The summed E-state index contributed by atoms with van der Waals surface area (Å²) < 4.78 is 13.8. The van der Waals surface area contributed by atoms with Crippen molar-refractivity contribution in [2.75, 3.05) is 13.6 Å². The van der Waals surface area contributed by atoms with Crippen molar-refractivity contribution in [2.24, 2.45) is 0 Å². The first-order valence-electron chi connectivity index (χ1n) is 6.85. The molecule has 1 aliphatic rings. The van der Waals surface area contributed by atoms with Crippen LogP contribution in [0.3, 0.4) is 0 Å². The van der Waals surface area contributed by atoms with E-state index >= 15 is 0 Å². The zero-order valence-corrected chi connectivity index (χ0v) is 11.9. The average Bonchev–Trinajstić information content (AvgIpc) is 2.80. The number of hydrogen-bond acceptors (Lipinski definition) is 3. The van der Waals surface area contributed by atoms with E-state index in [-0.39, 0.29) is 22.5 Å². The third-order valence-corrected chi connectivity index (χ3v) is 3.79. The van der Waals surface area contributed by atoms with E-state index in [0.29, 0.717) is 13.0 Å². The molecule has 114 valence electrons. The van der Waals surface area contributed by atoms with E-state index in [1.807, 2.05) is 0 Å². The minimum atomic E-state index is -0.614. The van der Waals surface area contributed by atoms with Crippen LogP contribution in [0, 0.1) is 5.82 Å². The number of para-hydroxylation sites is 1. The fraction of sp³-hybridized carbons (Fsp3) is 0.267. The van der Waals surface area contributed by atoms with Crippen LogP contribution in [0.15, 0.2) is 29.1 Å². The maximum absolute atomic E-state index is 13.8. The van der Waals surface area contributed by atoms with Gasteiger partial charge in [0.05, 0.1) is 5.52 Å². The SMILES string of the molecule is CN1CCC(NC(=O)c2cc(=O)c3cccc(F)c3[nH]2)C1=O. The highest BCUT2D eigenvalue weighted by Crippen LogP contribution is 2.13. The van der Waals surface area contributed by atoms with Crippen molar-refractivity contribution in [1.82, 2.24) is 15.2 Å². The summed E-state index contributed by atoms with van der Waals surface area (Å²) >= 11 is 0. The number of H-pyrrole nitrogens is 1. The Morgan fingerprint density at radius 2 is 2.18 bits per heavy atom. The van der Waals surface area contributed by atoms with E-state index in [9.17, 15) is 18.8 Å². The topological polar surface area (TPSA) is 82.3 Å². The third-order valence-electron chi connectivity index (χ3n) is 3.79. The number of amides is 2. The smallest absolute Gasteiger partial charge is 0.268 e. The standard InChI is InChI=1S/C15H14FN3O3/c1-19-6-5-10(15(19)22)18-14(21)11-7-12(20)8-3-2-4-9(16)13(8)17-11/h2-4,7,10H,5-6H2,1H3,(H,17,20)(H,18,21). The van der Waals surface area contributed by atoms with Crippen LogP contribution in [-0.2, 0) is 4.79 Å². The Morgan fingerprint density at radius 3 is 2.86 bits per heavy atom. The first-order chi connectivity index (χ1) is 10.5. The van der Waals surface area contributed by atoms with Crippen molar-refractivity contribution in [3.8, 4) is 0 Å². The normalized spacial score (nSPS) is 18.0. The molecule has 1 fully saturated rings. The van der Waals surface area contributed by atoms with Crippen LogP contribution in [0.25, 0.3) is 10.9 Å². The maximum Gasteiger partial charge on any atom is 0.268 e. The monoisotopic (exact) mass is 303 g/mol. The van der Waals surface area contributed by atoms with Gasteiger partial charge in [0.25, 0.3) is 5.91 Å². The van der Waals surface area contributed by atoms with E-state index < -0.39 is 23.2 Å². The molecule has 22 heavy (non-hydrogen) atoms. The summed E-state index contributed by atoms with van der Waals surface area (Å²) in [5.41, 5.74) is -0.534. The number of carbonyl (C=O) groups excluding carboxylic acids is 2. The third kappa shape index (κ3) is 2.34. The van der Waals surface area contributed by atoms with Crippen molar-refractivity contribution < 1.29 is 14.0 Å². The van der Waals surface area contributed by atoms with Gasteiger partial charge in [-0.05, 0) is 18.6 Å². The van der Waals surface area contributed by atoms with Gasteiger partial charge >= 0.3 is 0 Å². The number of halogens is 1. The number of hydrogen-bond donors (Lipinski definition) is 2. The van der Waals surface area contributed by atoms with Crippen molar-refractivity contribution in [1.29, 1.82) is 0 Å². The van der Waals surface area contributed by atoms with E-state index in [1.54, 1.807) is 7.05 Å². The van der Waals surface area contributed by atoms with Gasteiger partial charge in [0.1, 0.15) is 17.6 Å². The molecule has 0 saturated carbocycles. The van der Waals surface area contributed by atoms with Gasteiger partial charge in [-0.25, -0.2) is 4.39 Å². The fourth-order valence-corrected chi connectivity index (χ4v) is 2.55. The predicted molar refractivity (Wildman–Crippen MR) is 78.0 cm³/mol. The van der Waals surface area contributed by atoms with Gasteiger partial charge in [-0.15, -0.1) is 0 Å². The Hall–Kier alpha value is -2.70. The largest absolute Gasteiger partial charge is 0.348 e. The Bertz CT molecular complexity index is 830. The lowest BCUT2D eigenvalue weighted by Gasteiger charge is -2.12. The number of nitrogens with one attached hydrogen (secondary N) is 2. The van der Waals surface area contributed by atoms with Crippen LogP contribution in [0.2, 0.25) is 0 Å². The number of aromatic nitrogens is 1. The Morgan fingerprint density at radius 1 is 1.41 bits per heavy atom. The number of fused-ring (bicyclic) bond motifs is 1. The molecule has 0 aliphatic carbocycles. The molecule has 7 heteroatoms. The summed E-state index contributed by atoms with van der Waals surface area (Å²) in [5.74, 6) is -1.39. The molecular weight excluding hydrogens is 289 g/mol. The van der Waals surface area contributed by atoms with E-state index in [4.69, 9.17) is 0 Å². The first kappa shape index (κ1) is 14.2. The van der Waals surface area contributed by atoms with Crippen molar-refractivity contribution in [3.63, 3.8) is 0 Å². The lowest BCUT2D eigenvalue weighted by Crippen LogP contribution is -2.41. The highest BCUT2D eigenvalue weighted by Gasteiger charge is 2.30. The van der Waals surface area contributed by atoms with Gasteiger partial charge in [0.15, 0.2) is 5.43 Å². The van der Waals surface area contributed by atoms with Crippen LogP contribution >= 0.6 is 0 Å². The van der Waals surface area contributed by atoms with Crippen LogP contribution < -0.4 is 10.7 Å². The van der Waals surface area contributed by atoms with Gasteiger partial charge in [0, 0.05) is 25.0 Å². The lowest BCUT2D eigenvalue weighted by atomic mass is 10.1. The molecule has 0 radical (unpaired) electrons.